The second kappa shape index (κ2) is 8.32. The number of hydrogen-bond acceptors (Lipinski definition) is 6. The van der Waals surface area contributed by atoms with E-state index in [1.165, 1.54) is 0 Å². The first-order chi connectivity index (χ1) is 14.3. The van der Waals surface area contributed by atoms with Gasteiger partial charge in [-0.05, 0) is 44.9 Å². The smallest absolute Gasteiger partial charge is 0.223 e. The molecular formula is C23H31N5O2. The van der Waals surface area contributed by atoms with Gasteiger partial charge in [0.05, 0.1) is 34.4 Å². The van der Waals surface area contributed by atoms with Crippen LogP contribution in [-0.2, 0) is 10.3 Å². The maximum absolute atomic E-state index is 6.19. The predicted molar refractivity (Wildman–Crippen MR) is 118 cm³/mol. The highest BCUT2D eigenvalue weighted by Crippen LogP contribution is 2.29. The molecule has 3 aromatic rings. The van der Waals surface area contributed by atoms with Crippen molar-refractivity contribution in [2.75, 3.05) is 19.7 Å². The summed E-state index contributed by atoms with van der Waals surface area (Å²) < 4.78 is 14.3. The van der Waals surface area contributed by atoms with Crippen LogP contribution < -0.4 is 10.1 Å². The number of fused-ring (bicyclic) bond motifs is 1. The number of ether oxygens (including phenoxy) is 2. The number of morpholine rings is 1. The summed E-state index contributed by atoms with van der Waals surface area (Å²) >= 11 is 0. The summed E-state index contributed by atoms with van der Waals surface area (Å²) in [6.07, 6.45) is 5.84. The fraction of sp³-hybridized carbons (Fsp3) is 0.522. The summed E-state index contributed by atoms with van der Waals surface area (Å²) in [7, 11) is 0. The monoisotopic (exact) mass is 409 g/mol. The first-order valence-electron chi connectivity index (χ1n) is 10.6. The molecule has 160 valence electrons. The van der Waals surface area contributed by atoms with Crippen LogP contribution in [-0.4, -0.2) is 51.7 Å². The third kappa shape index (κ3) is 4.47. The van der Waals surface area contributed by atoms with Gasteiger partial charge in [-0.1, -0.05) is 13.8 Å². The van der Waals surface area contributed by atoms with Crippen LogP contribution >= 0.6 is 0 Å². The van der Waals surface area contributed by atoms with Crippen LogP contribution in [0.5, 0.6) is 5.88 Å². The highest BCUT2D eigenvalue weighted by Gasteiger charge is 2.25. The molecule has 0 aliphatic carbocycles. The Balaban J connectivity index is 1.60. The maximum Gasteiger partial charge on any atom is 0.223 e. The van der Waals surface area contributed by atoms with Gasteiger partial charge in [0.1, 0.15) is 12.7 Å². The lowest BCUT2D eigenvalue weighted by Crippen LogP contribution is -2.48. The molecule has 1 N–H and O–H groups in total. The molecule has 7 heteroatoms. The predicted octanol–water partition coefficient (Wildman–Crippen LogP) is 3.64. The molecule has 1 fully saturated rings. The zero-order chi connectivity index (χ0) is 21.3. The van der Waals surface area contributed by atoms with Crippen molar-refractivity contribution in [1.82, 2.24) is 25.1 Å². The van der Waals surface area contributed by atoms with Crippen molar-refractivity contribution in [1.29, 1.82) is 0 Å². The SMILES string of the molecule is CC(C)[C@@H]1CNC[C@@H](COc2nc(-c3cnn(C(C)(C)C)c3)cc3ncccc23)O1. The van der Waals surface area contributed by atoms with Crippen molar-refractivity contribution in [3.8, 4) is 17.1 Å². The molecule has 4 heterocycles. The van der Waals surface area contributed by atoms with Gasteiger partial charge < -0.3 is 14.8 Å². The number of pyridine rings is 2. The van der Waals surface area contributed by atoms with E-state index in [-0.39, 0.29) is 17.7 Å². The van der Waals surface area contributed by atoms with E-state index in [9.17, 15) is 0 Å². The van der Waals surface area contributed by atoms with E-state index in [0.717, 1.165) is 35.2 Å². The van der Waals surface area contributed by atoms with Crippen LogP contribution in [0.25, 0.3) is 22.2 Å². The quantitative estimate of drug-likeness (QED) is 0.694. The molecule has 2 atom stereocenters. The van der Waals surface area contributed by atoms with Crippen molar-refractivity contribution < 1.29 is 9.47 Å². The van der Waals surface area contributed by atoms with Crippen molar-refractivity contribution in [2.24, 2.45) is 5.92 Å². The molecule has 0 saturated carbocycles. The molecule has 0 amide bonds. The molecule has 7 nitrogen and oxygen atoms in total. The van der Waals surface area contributed by atoms with Crippen LogP contribution in [0.1, 0.15) is 34.6 Å². The average molecular weight is 410 g/mol. The molecular weight excluding hydrogens is 378 g/mol. The van der Waals surface area contributed by atoms with Crippen LogP contribution in [0.2, 0.25) is 0 Å². The fourth-order valence-corrected chi connectivity index (χ4v) is 3.52. The summed E-state index contributed by atoms with van der Waals surface area (Å²) in [5.74, 6) is 1.04. The molecule has 30 heavy (non-hydrogen) atoms. The molecule has 0 spiro atoms. The van der Waals surface area contributed by atoms with E-state index in [4.69, 9.17) is 14.5 Å². The molecule has 0 unspecified atom stereocenters. The lowest BCUT2D eigenvalue weighted by atomic mass is 10.1. The molecule has 1 aliphatic heterocycles. The molecule has 1 aliphatic rings. The Kier molecular flexibility index (Phi) is 5.75. The van der Waals surface area contributed by atoms with Crippen molar-refractivity contribution in [3.05, 3.63) is 36.8 Å². The fourth-order valence-electron chi connectivity index (χ4n) is 3.52. The second-order valence-electron chi connectivity index (χ2n) is 9.24. The van der Waals surface area contributed by atoms with Gasteiger partial charge in [-0.25, -0.2) is 4.98 Å². The number of hydrogen-bond donors (Lipinski definition) is 1. The zero-order valence-corrected chi connectivity index (χ0v) is 18.4. The Morgan fingerprint density at radius 2 is 2.13 bits per heavy atom. The minimum atomic E-state index is -0.0923. The Morgan fingerprint density at radius 3 is 2.87 bits per heavy atom. The molecule has 0 radical (unpaired) electrons. The van der Waals surface area contributed by atoms with E-state index >= 15 is 0 Å². The highest BCUT2D eigenvalue weighted by molar-refractivity contribution is 5.86. The van der Waals surface area contributed by atoms with Crippen molar-refractivity contribution in [3.63, 3.8) is 0 Å². The van der Waals surface area contributed by atoms with E-state index in [2.05, 4.69) is 50.0 Å². The summed E-state index contributed by atoms with van der Waals surface area (Å²) in [6, 6.07) is 5.88. The number of aromatic nitrogens is 4. The van der Waals surface area contributed by atoms with Gasteiger partial charge in [0.2, 0.25) is 5.88 Å². The Hall–Kier alpha value is -2.51. The van der Waals surface area contributed by atoms with Gasteiger partial charge in [0.15, 0.2) is 0 Å². The first kappa shape index (κ1) is 20.8. The van der Waals surface area contributed by atoms with E-state index in [0.29, 0.717) is 18.4 Å². The van der Waals surface area contributed by atoms with Gasteiger partial charge in [-0.3, -0.25) is 9.67 Å². The Morgan fingerprint density at radius 1 is 1.30 bits per heavy atom. The van der Waals surface area contributed by atoms with Crippen molar-refractivity contribution in [2.45, 2.75) is 52.4 Å². The Labute approximate surface area is 177 Å². The number of nitrogens with one attached hydrogen (secondary N) is 1. The highest BCUT2D eigenvalue weighted by atomic mass is 16.5. The normalized spacial score (nSPS) is 20.1. The van der Waals surface area contributed by atoms with Gasteiger partial charge in [0.25, 0.3) is 0 Å². The third-order valence-corrected chi connectivity index (χ3v) is 5.36. The van der Waals surface area contributed by atoms with Crippen LogP contribution in [0.4, 0.5) is 0 Å². The lowest BCUT2D eigenvalue weighted by molar-refractivity contribution is -0.0744. The second-order valence-corrected chi connectivity index (χ2v) is 9.24. The van der Waals surface area contributed by atoms with E-state index in [1.54, 1.807) is 6.20 Å². The average Bonchev–Trinajstić information content (AvgIpc) is 3.23. The lowest BCUT2D eigenvalue weighted by Gasteiger charge is -2.33. The Bertz CT molecular complexity index is 1010. The summed E-state index contributed by atoms with van der Waals surface area (Å²) in [5.41, 5.74) is 2.50. The van der Waals surface area contributed by atoms with Crippen LogP contribution in [0, 0.1) is 5.92 Å². The topological polar surface area (TPSA) is 74.1 Å². The van der Waals surface area contributed by atoms with Gasteiger partial charge in [-0.15, -0.1) is 0 Å². The van der Waals surface area contributed by atoms with Gasteiger partial charge in [-0.2, -0.15) is 5.10 Å². The summed E-state index contributed by atoms with van der Waals surface area (Å²) in [6.45, 7) is 12.8. The summed E-state index contributed by atoms with van der Waals surface area (Å²) in [5, 5.41) is 8.85. The molecule has 4 rings (SSSR count). The maximum atomic E-state index is 6.19. The minimum absolute atomic E-state index is 0.00744. The summed E-state index contributed by atoms with van der Waals surface area (Å²) in [4.78, 5) is 9.34. The van der Waals surface area contributed by atoms with Crippen LogP contribution in [0.3, 0.4) is 0 Å². The van der Waals surface area contributed by atoms with Crippen molar-refractivity contribution >= 4 is 10.9 Å². The number of rotatable bonds is 5. The molecule has 0 bridgehead atoms. The van der Waals surface area contributed by atoms with Gasteiger partial charge in [0, 0.05) is 31.0 Å². The van der Waals surface area contributed by atoms with Gasteiger partial charge >= 0.3 is 0 Å². The first-order valence-corrected chi connectivity index (χ1v) is 10.6. The van der Waals surface area contributed by atoms with E-state index < -0.39 is 0 Å². The molecule has 0 aromatic carbocycles. The third-order valence-electron chi connectivity index (χ3n) is 5.36. The largest absolute Gasteiger partial charge is 0.474 e. The van der Waals surface area contributed by atoms with Crippen LogP contribution in [0.15, 0.2) is 36.8 Å². The number of nitrogens with zero attached hydrogens (tertiary/aromatic N) is 4. The minimum Gasteiger partial charge on any atom is -0.474 e. The standard InChI is InChI=1S/C23H31N5O2/c1-15(2)21-12-24-11-17(30-21)14-29-22-18-7-6-8-25-20(18)9-19(27-22)16-10-26-28(13-16)23(3,4)5/h6-10,13,15,17,21,24H,11-12,14H2,1-5H3/t17-,21-/m0/s1. The molecule has 1 saturated heterocycles. The molecule has 3 aromatic heterocycles. The van der Waals surface area contributed by atoms with E-state index in [1.807, 2.05) is 35.3 Å². The zero-order valence-electron chi connectivity index (χ0n) is 18.4.